The summed E-state index contributed by atoms with van der Waals surface area (Å²) in [5.41, 5.74) is 0. The third-order valence-corrected chi connectivity index (χ3v) is 2.40. The van der Waals surface area contributed by atoms with Crippen molar-refractivity contribution in [3.05, 3.63) is 0 Å². The van der Waals surface area contributed by atoms with Crippen LogP contribution >= 0.6 is 23.2 Å². The highest BCUT2D eigenvalue weighted by atomic mass is 35.5. The van der Waals surface area contributed by atoms with E-state index in [0.29, 0.717) is 19.8 Å². The van der Waals surface area contributed by atoms with Gasteiger partial charge in [0.15, 0.2) is 0 Å². The molecule has 9 heteroatoms. The number of hydrogen-bond donors (Lipinski definition) is 0. The first-order chi connectivity index (χ1) is 10.1. The van der Waals surface area contributed by atoms with E-state index in [0.717, 1.165) is 0 Å². The Hall–Kier alpha value is -0.600. The van der Waals surface area contributed by atoms with Gasteiger partial charge in [0.05, 0.1) is 19.8 Å². The Bertz CT molecular complexity index is 289. The molecule has 1 atom stereocenters. The number of esters is 2. The van der Waals surface area contributed by atoms with E-state index < -0.39 is 18.2 Å². The molecule has 7 nitrogen and oxygen atoms in total. The zero-order valence-corrected chi connectivity index (χ0v) is 13.4. The number of alkyl halides is 2. The molecule has 1 unspecified atom stereocenters. The number of halogens is 2. The minimum Gasteiger partial charge on any atom is -0.462 e. The van der Waals surface area contributed by atoms with Crippen molar-refractivity contribution >= 4 is 35.1 Å². The maximum atomic E-state index is 11.1. The predicted octanol–water partition coefficient (Wildman–Crippen LogP) is 0.946. The minimum atomic E-state index is -0.924. The van der Waals surface area contributed by atoms with Gasteiger partial charge in [-0.25, -0.2) is 0 Å². The van der Waals surface area contributed by atoms with E-state index in [1.54, 1.807) is 0 Å². The van der Waals surface area contributed by atoms with Gasteiger partial charge < -0.3 is 23.7 Å². The lowest BCUT2D eigenvalue weighted by Crippen LogP contribution is -2.29. The smallest absolute Gasteiger partial charge is 0.323 e. The Morgan fingerprint density at radius 2 is 1.62 bits per heavy atom. The van der Waals surface area contributed by atoms with Gasteiger partial charge in [0, 0.05) is 6.61 Å². The van der Waals surface area contributed by atoms with Crippen LogP contribution in [0.3, 0.4) is 0 Å². The van der Waals surface area contributed by atoms with Crippen molar-refractivity contribution in [2.45, 2.75) is 13.2 Å². The highest BCUT2D eigenvalue weighted by Crippen LogP contribution is 1.99. The molecule has 0 rings (SSSR count). The number of ether oxygens (including phenoxy) is 5. The van der Waals surface area contributed by atoms with Crippen LogP contribution in [0.2, 0.25) is 0 Å². The molecule has 124 valence electrons. The largest absolute Gasteiger partial charge is 0.462 e. The van der Waals surface area contributed by atoms with Crippen LogP contribution in [0.15, 0.2) is 0 Å². The molecule has 0 bridgehead atoms. The summed E-state index contributed by atoms with van der Waals surface area (Å²) in [6.07, 6.45) is -0.924. The Labute approximate surface area is 133 Å². The quantitative estimate of drug-likeness (QED) is 0.212. The van der Waals surface area contributed by atoms with Crippen LogP contribution in [0.5, 0.6) is 0 Å². The van der Waals surface area contributed by atoms with Crippen LogP contribution in [0.1, 0.15) is 6.92 Å². The van der Waals surface area contributed by atoms with E-state index >= 15 is 0 Å². The van der Waals surface area contributed by atoms with Crippen LogP contribution < -0.4 is 0 Å². The molecule has 0 fully saturated rings. The van der Waals surface area contributed by atoms with Gasteiger partial charge in [-0.15, -0.1) is 23.2 Å². The van der Waals surface area contributed by atoms with Crippen molar-refractivity contribution < 1.29 is 33.3 Å². The Morgan fingerprint density at radius 1 is 0.952 bits per heavy atom. The number of hydrogen-bond acceptors (Lipinski definition) is 7. The van der Waals surface area contributed by atoms with Crippen molar-refractivity contribution in [3.8, 4) is 0 Å². The van der Waals surface area contributed by atoms with E-state index in [1.165, 1.54) is 0 Å². The molecule has 0 aromatic heterocycles. The number of carbonyl (C=O) groups is 2. The van der Waals surface area contributed by atoms with E-state index in [-0.39, 0.29) is 31.6 Å². The molecule has 0 aliphatic rings. The molecular formula is C12H20Cl2O7. The first-order valence-electron chi connectivity index (χ1n) is 6.38. The van der Waals surface area contributed by atoms with Crippen molar-refractivity contribution in [3.63, 3.8) is 0 Å². The molecule has 21 heavy (non-hydrogen) atoms. The lowest BCUT2D eigenvalue weighted by Gasteiger charge is -2.18. The summed E-state index contributed by atoms with van der Waals surface area (Å²) in [5, 5.41) is 0. The summed E-state index contributed by atoms with van der Waals surface area (Å²) < 4.78 is 25.2. The highest BCUT2D eigenvalue weighted by molar-refractivity contribution is 6.26. The Kier molecular flexibility index (Phi) is 13.9. The summed E-state index contributed by atoms with van der Waals surface area (Å²) in [6, 6.07) is 0. The van der Waals surface area contributed by atoms with E-state index in [4.69, 9.17) is 46.9 Å². The molecular weight excluding hydrogens is 327 g/mol. The molecule has 0 amide bonds. The molecule has 0 aromatic carbocycles. The van der Waals surface area contributed by atoms with E-state index in [9.17, 15) is 9.59 Å². The standard InChI is InChI=1S/C12H20Cl2O7/c1-2-17-3-4-18-9-12(21-11(16)8-14)20-6-5-19-10(15)7-13/h12H,2-9H2,1H3. The van der Waals surface area contributed by atoms with E-state index in [2.05, 4.69) is 0 Å². The average molecular weight is 347 g/mol. The first kappa shape index (κ1) is 20.4. The third kappa shape index (κ3) is 12.8. The molecule has 0 heterocycles. The van der Waals surface area contributed by atoms with Crippen LogP contribution in [0.4, 0.5) is 0 Å². The summed E-state index contributed by atoms with van der Waals surface area (Å²) in [5.74, 6) is -1.71. The highest BCUT2D eigenvalue weighted by Gasteiger charge is 2.15. The maximum absolute atomic E-state index is 11.1. The summed E-state index contributed by atoms with van der Waals surface area (Å²) in [4.78, 5) is 21.9. The number of rotatable bonds is 13. The van der Waals surface area contributed by atoms with Crippen molar-refractivity contribution in [1.82, 2.24) is 0 Å². The molecule has 0 aliphatic carbocycles. The molecule has 0 aromatic rings. The van der Waals surface area contributed by atoms with Crippen LogP contribution in [-0.2, 0) is 33.3 Å². The van der Waals surface area contributed by atoms with Gasteiger partial charge in [-0.05, 0) is 6.92 Å². The van der Waals surface area contributed by atoms with Gasteiger partial charge in [-0.1, -0.05) is 0 Å². The predicted molar refractivity (Wildman–Crippen MR) is 75.5 cm³/mol. The Balaban J connectivity index is 3.90. The average Bonchev–Trinajstić information content (AvgIpc) is 2.50. The molecule has 0 radical (unpaired) electrons. The van der Waals surface area contributed by atoms with E-state index in [1.807, 2.05) is 6.92 Å². The fraction of sp³-hybridized carbons (Fsp3) is 0.833. The fourth-order valence-corrected chi connectivity index (χ4v) is 1.25. The second kappa shape index (κ2) is 14.3. The lowest BCUT2D eigenvalue weighted by atomic mass is 10.6. The third-order valence-electron chi connectivity index (χ3n) is 1.96. The fourth-order valence-electron chi connectivity index (χ4n) is 1.11. The SMILES string of the molecule is CCOCCOCC(OCCOC(=O)CCl)OC(=O)CCl. The van der Waals surface area contributed by atoms with Crippen LogP contribution in [0.25, 0.3) is 0 Å². The first-order valence-corrected chi connectivity index (χ1v) is 7.45. The van der Waals surface area contributed by atoms with Gasteiger partial charge in [-0.3, -0.25) is 9.59 Å². The van der Waals surface area contributed by atoms with Crippen molar-refractivity contribution in [2.75, 3.05) is 51.4 Å². The lowest BCUT2D eigenvalue weighted by molar-refractivity contribution is -0.193. The summed E-state index contributed by atoms with van der Waals surface area (Å²) in [6.45, 7) is 3.30. The molecule has 0 aliphatic heterocycles. The zero-order valence-electron chi connectivity index (χ0n) is 11.8. The molecule has 0 saturated carbocycles. The van der Waals surface area contributed by atoms with Crippen LogP contribution in [-0.4, -0.2) is 69.6 Å². The van der Waals surface area contributed by atoms with Gasteiger partial charge >= 0.3 is 11.9 Å². The maximum Gasteiger partial charge on any atom is 0.323 e. The second-order valence-electron chi connectivity index (χ2n) is 3.55. The van der Waals surface area contributed by atoms with Gasteiger partial charge in [0.2, 0.25) is 6.29 Å². The zero-order chi connectivity index (χ0) is 15.9. The molecule has 0 spiro atoms. The topological polar surface area (TPSA) is 80.3 Å². The normalized spacial score (nSPS) is 12.0. The van der Waals surface area contributed by atoms with Gasteiger partial charge in [0.25, 0.3) is 0 Å². The summed E-state index contributed by atoms with van der Waals surface area (Å²) >= 11 is 10.6. The van der Waals surface area contributed by atoms with Crippen molar-refractivity contribution in [1.29, 1.82) is 0 Å². The monoisotopic (exact) mass is 346 g/mol. The second-order valence-corrected chi connectivity index (χ2v) is 4.08. The van der Waals surface area contributed by atoms with Crippen molar-refractivity contribution in [2.24, 2.45) is 0 Å². The molecule has 0 saturated heterocycles. The minimum absolute atomic E-state index is 0.000571. The molecule has 0 N–H and O–H groups in total. The van der Waals surface area contributed by atoms with Gasteiger partial charge in [-0.2, -0.15) is 0 Å². The van der Waals surface area contributed by atoms with Crippen LogP contribution in [0, 0.1) is 0 Å². The Morgan fingerprint density at radius 3 is 2.24 bits per heavy atom. The van der Waals surface area contributed by atoms with Gasteiger partial charge in [0.1, 0.15) is 25.0 Å². The number of carbonyl (C=O) groups excluding carboxylic acids is 2. The summed E-state index contributed by atoms with van der Waals surface area (Å²) in [7, 11) is 0.